The molecular formula is C11H17N5O4. The Morgan fingerprint density at radius 3 is 2.10 bits per heavy atom. The van der Waals surface area contributed by atoms with Gasteiger partial charge in [-0.1, -0.05) is 0 Å². The number of nitro groups is 2. The summed E-state index contributed by atoms with van der Waals surface area (Å²) in [4.78, 5) is 20.6. The highest BCUT2D eigenvalue weighted by Gasteiger charge is 2.23. The SMILES string of the molecule is CNCCCNc1cc(NC)c([N+](=O)[O-])cc1[N+](=O)[O-]. The van der Waals surface area contributed by atoms with Crippen LogP contribution in [0.25, 0.3) is 0 Å². The van der Waals surface area contributed by atoms with Crippen LogP contribution < -0.4 is 16.0 Å². The lowest BCUT2D eigenvalue weighted by molar-refractivity contribution is -0.393. The largest absolute Gasteiger partial charge is 0.382 e. The molecule has 0 saturated heterocycles. The highest BCUT2D eigenvalue weighted by Crippen LogP contribution is 2.35. The van der Waals surface area contributed by atoms with E-state index in [9.17, 15) is 20.2 Å². The van der Waals surface area contributed by atoms with Gasteiger partial charge < -0.3 is 16.0 Å². The van der Waals surface area contributed by atoms with E-state index in [1.54, 1.807) is 0 Å². The Morgan fingerprint density at radius 2 is 1.60 bits per heavy atom. The standard InChI is InChI=1S/C11H17N5O4/c1-12-4-3-5-14-9-6-8(13-2)10(15(17)18)7-11(9)16(19)20/h6-7,12-14H,3-5H2,1-2H3. The minimum atomic E-state index is -0.649. The third kappa shape index (κ3) is 3.79. The van der Waals surface area contributed by atoms with Crippen molar-refractivity contribution in [2.75, 3.05) is 37.8 Å². The van der Waals surface area contributed by atoms with Crippen molar-refractivity contribution in [2.45, 2.75) is 6.42 Å². The molecule has 0 unspecified atom stereocenters. The van der Waals surface area contributed by atoms with Gasteiger partial charge in [0, 0.05) is 13.6 Å². The van der Waals surface area contributed by atoms with Crippen LogP contribution in [0.3, 0.4) is 0 Å². The summed E-state index contributed by atoms with van der Waals surface area (Å²) in [5.41, 5.74) is -0.127. The zero-order valence-electron chi connectivity index (χ0n) is 11.3. The Bertz CT molecular complexity index is 506. The molecular weight excluding hydrogens is 266 g/mol. The van der Waals surface area contributed by atoms with Crippen molar-refractivity contribution in [1.29, 1.82) is 0 Å². The van der Waals surface area contributed by atoms with Crippen molar-refractivity contribution < 1.29 is 9.85 Å². The summed E-state index contributed by atoms with van der Waals surface area (Å²) in [5, 5.41) is 30.4. The topological polar surface area (TPSA) is 122 Å². The second kappa shape index (κ2) is 7.24. The van der Waals surface area contributed by atoms with E-state index in [1.807, 2.05) is 7.05 Å². The molecule has 0 atom stereocenters. The first-order valence-corrected chi connectivity index (χ1v) is 6.04. The van der Waals surface area contributed by atoms with E-state index in [1.165, 1.54) is 13.1 Å². The van der Waals surface area contributed by atoms with E-state index in [-0.39, 0.29) is 22.7 Å². The van der Waals surface area contributed by atoms with Crippen LogP contribution in [-0.4, -0.2) is 37.0 Å². The van der Waals surface area contributed by atoms with Crippen LogP contribution in [0.2, 0.25) is 0 Å². The molecule has 0 aliphatic rings. The minimum absolute atomic E-state index is 0.233. The van der Waals surface area contributed by atoms with E-state index in [2.05, 4.69) is 16.0 Å². The van der Waals surface area contributed by atoms with Gasteiger partial charge in [0.15, 0.2) is 0 Å². The van der Waals surface area contributed by atoms with Gasteiger partial charge in [0.05, 0.1) is 15.9 Å². The molecule has 0 spiro atoms. The zero-order valence-corrected chi connectivity index (χ0v) is 11.3. The molecule has 1 rings (SSSR count). The Labute approximate surface area is 115 Å². The highest BCUT2D eigenvalue weighted by molar-refractivity contribution is 5.76. The molecule has 0 aliphatic heterocycles. The molecule has 20 heavy (non-hydrogen) atoms. The first-order valence-electron chi connectivity index (χ1n) is 6.04. The van der Waals surface area contributed by atoms with Crippen LogP contribution in [0.4, 0.5) is 22.7 Å². The van der Waals surface area contributed by atoms with Crippen LogP contribution in [0.15, 0.2) is 12.1 Å². The summed E-state index contributed by atoms with van der Waals surface area (Å²) >= 11 is 0. The Balaban J connectivity index is 3.08. The maximum Gasteiger partial charge on any atom is 0.299 e. The summed E-state index contributed by atoms with van der Waals surface area (Å²) in [6.45, 7) is 1.30. The zero-order chi connectivity index (χ0) is 15.1. The molecule has 9 nitrogen and oxygen atoms in total. The van der Waals surface area contributed by atoms with Crippen molar-refractivity contribution in [3.8, 4) is 0 Å². The van der Waals surface area contributed by atoms with Crippen molar-refractivity contribution in [1.82, 2.24) is 5.32 Å². The predicted octanol–water partition coefficient (Wildman–Crippen LogP) is 1.57. The molecule has 0 radical (unpaired) electrons. The molecule has 1 aromatic rings. The number of benzene rings is 1. The number of rotatable bonds is 8. The molecule has 0 heterocycles. The Morgan fingerprint density at radius 1 is 1.00 bits per heavy atom. The lowest BCUT2D eigenvalue weighted by atomic mass is 10.2. The number of hydrogen-bond acceptors (Lipinski definition) is 7. The van der Waals surface area contributed by atoms with Crippen LogP contribution in [0.1, 0.15) is 6.42 Å². The van der Waals surface area contributed by atoms with E-state index in [0.717, 1.165) is 19.0 Å². The smallest absolute Gasteiger partial charge is 0.299 e. The van der Waals surface area contributed by atoms with Gasteiger partial charge in [0.1, 0.15) is 11.4 Å². The van der Waals surface area contributed by atoms with Gasteiger partial charge in [0.2, 0.25) is 0 Å². The molecule has 0 amide bonds. The maximum atomic E-state index is 11.0. The summed E-state index contributed by atoms with van der Waals surface area (Å²) in [7, 11) is 3.34. The van der Waals surface area contributed by atoms with E-state index < -0.39 is 9.85 Å². The fourth-order valence-corrected chi connectivity index (χ4v) is 1.71. The monoisotopic (exact) mass is 283 g/mol. The van der Waals surface area contributed by atoms with Gasteiger partial charge in [-0.05, 0) is 26.1 Å². The molecule has 9 heteroatoms. The summed E-state index contributed by atoms with van der Waals surface area (Å²) in [5.74, 6) is 0. The normalized spacial score (nSPS) is 10.1. The van der Waals surface area contributed by atoms with E-state index >= 15 is 0 Å². The van der Waals surface area contributed by atoms with Gasteiger partial charge in [-0.15, -0.1) is 0 Å². The fraction of sp³-hybridized carbons (Fsp3) is 0.455. The van der Waals surface area contributed by atoms with Crippen molar-refractivity contribution in [3.05, 3.63) is 32.4 Å². The minimum Gasteiger partial charge on any atom is -0.382 e. The molecule has 0 aromatic heterocycles. The Hall–Kier alpha value is -2.42. The van der Waals surface area contributed by atoms with Gasteiger partial charge in [-0.3, -0.25) is 20.2 Å². The van der Waals surface area contributed by atoms with Gasteiger partial charge in [-0.2, -0.15) is 0 Å². The number of nitro benzene ring substituents is 2. The quantitative estimate of drug-likeness (QED) is 0.376. The van der Waals surface area contributed by atoms with Crippen molar-refractivity contribution in [3.63, 3.8) is 0 Å². The third-order valence-corrected chi connectivity index (χ3v) is 2.70. The lowest BCUT2D eigenvalue weighted by Gasteiger charge is -2.09. The average Bonchev–Trinajstić information content (AvgIpc) is 2.42. The maximum absolute atomic E-state index is 11.0. The summed E-state index contributed by atoms with van der Waals surface area (Å²) in [6, 6.07) is 2.35. The molecule has 0 bridgehead atoms. The van der Waals surface area contributed by atoms with Gasteiger partial charge in [0.25, 0.3) is 11.4 Å². The van der Waals surface area contributed by atoms with E-state index in [0.29, 0.717) is 6.54 Å². The van der Waals surface area contributed by atoms with Crippen molar-refractivity contribution >= 4 is 22.7 Å². The summed E-state index contributed by atoms with van der Waals surface area (Å²) in [6.07, 6.45) is 0.777. The molecule has 0 saturated carbocycles. The molecule has 0 fully saturated rings. The second-order valence-electron chi connectivity index (χ2n) is 4.03. The predicted molar refractivity (Wildman–Crippen MR) is 76.3 cm³/mol. The van der Waals surface area contributed by atoms with Crippen LogP contribution in [0, 0.1) is 20.2 Å². The lowest BCUT2D eigenvalue weighted by Crippen LogP contribution is -2.13. The van der Waals surface area contributed by atoms with E-state index in [4.69, 9.17) is 0 Å². The molecule has 0 aliphatic carbocycles. The van der Waals surface area contributed by atoms with Crippen LogP contribution >= 0.6 is 0 Å². The third-order valence-electron chi connectivity index (χ3n) is 2.70. The average molecular weight is 283 g/mol. The first kappa shape index (κ1) is 15.6. The Kier molecular flexibility index (Phi) is 5.66. The van der Waals surface area contributed by atoms with Gasteiger partial charge in [-0.25, -0.2) is 0 Å². The fourth-order valence-electron chi connectivity index (χ4n) is 1.71. The molecule has 110 valence electrons. The highest BCUT2D eigenvalue weighted by atomic mass is 16.6. The van der Waals surface area contributed by atoms with Gasteiger partial charge >= 0.3 is 0 Å². The van der Waals surface area contributed by atoms with Crippen LogP contribution in [0.5, 0.6) is 0 Å². The molecule has 3 N–H and O–H groups in total. The number of anilines is 2. The number of nitrogens with one attached hydrogen (secondary N) is 3. The number of hydrogen-bond donors (Lipinski definition) is 3. The second-order valence-corrected chi connectivity index (χ2v) is 4.03. The van der Waals surface area contributed by atoms with Crippen molar-refractivity contribution in [2.24, 2.45) is 0 Å². The first-order chi connectivity index (χ1) is 9.51. The number of nitrogens with zero attached hydrogens (tertiary/aromatic N) is 2. The van der Waals surface area contributed by atoms with Crippen LogP contribution in [-0.2, 0) is 0 Å². The summed E-state index contributed by atoms with van der Waals surface area (Å²) < 4.78 is 0. The molecule has 1 aromatic carbocycles.